The van der Waals surface area contributed by atoms with Crippen LogP contribution in [0.15, 0.2) is 37.7 Å². The summed E-state index contributed by atoms with van der Waals surface area (Å²) >= 11 is 0. The van der Waals surface area contributed by atoms with Crippen LogP contribution >= 0.6 is 0 Å². The Morgan fingerprint density at radius 2 is 2.00 bits per heavy atom. The van der Waals surface area contributed by atoms with Crippen LogP contribution in [0.25, 0.3) is 0 Å². The van der Waals surface area contributed by atoms with E-state index in [9.17, 15) is 4.79 Å². The number of hydrogen-bond donors (Lipinski definition) is 1. The Bertz CT molecular complexity index is 394. The van der Waals surface area contributed by atoms with E-state index in [-0.39, 0.29) is 5.69 Å². The zero-order valence-corrected chi connectivity index (χ0v) is 8.83. The van der Waals surface area contributed by atoms with Gasteiger partial charge in [0.25, 0.3) is 0 Å². The number of nitrogens with zero attached hydrogens (tertiary/aromatic N) is 3. The van der Waals surface area contributed by atoms with Gasteiger partial charge in [-0.3, -0.25) is 4.98 Å². The third kappa shape index (κ3) is 2.91. The molecular formula is C11H13N3O2. The van der Waals surface area contributed by atoms with E-state index in [1.165, 1.54) is 12.4 Å². The average molecular weight is 219 g/mol. The molecule has 0 aliphatic rings. The van der Waals surface area contributed by atoms with Gasteiger partial charge in [0.05, 0.1) is 12.4 Å². The Hall–Kier alpha value is -2.17. The summed E-state index contributed by atoms with van der Waals surface area (Å²) in [6.45, 7) is 8.37. The van der Waals surface area contributed by atoms with Gasteiger partial charge in [-0.25, -0.2) is 9.78 Å². The summed E-state index contributed by atoms with van der Waals surface area (Å²) in [6, 6.07) is 0. The summed E-state index contributed by atoms with van der Waals surface area (Å²) in [5, 5.41) is 8.79. The standard InChI is InChI=1S/C11H13N3O2/c1-3-5-14(6-4-2)10-8-12-7-9(13-10)11(15)16/h3-4,7-8H,1-2,5-6H2,(H,15,16). The van der Waals surface area contributed by atoms with Crippen molar-refractivity contribution in [2.75, 3.05) is 18.0 Å². The second-order valence-electron chi connectivity index (χ2n) is 3.05. The van der Waals surface area contributed by atoms with Gasteiger partial charge in [0.15, 0.2) is 5.69 Å². The number of carboxylic acid groups (broad SMARTS) is 1. The molecular weight excluding hydrogens is 206 g/mol. The van der Waals surface area contributed by atoms with Crippen molar-refractivity contribution >= 4 is 11.8 Å². The molecule has 84 valence electrons. The first-order chi connectivity index (χ1) is 7.69. The molecule has 0 aliphatic carbocycles. The Morgan fingerprint density at radius 1 is 1.38 bits per heavy atom. The highest BCUT2D eigenvalue weighted by atomic mass is 16.4. The molecule has 16 heavy (non-hydrogen) atoms. The van der Waals surface area contributed by atoms with E-state index in [4.69, 9.17) is 5.11 Å². The molecule has 0 fully saturated rings. The predicted molar refractivity (Wildman–Crippen MR) is 61.6 cm³/mol. The van der Waals surface area contributed by atoms with Crippen LogP contribution in [0.3, 0.4) is 0 Å². The minimum absolute atomic E-state index is 0.0735. The van der Waals surface area contributed by atoms with Crippen LogP contribution in [0.5, 0.6) is 0 Å². The minimum atomic E-state index is -1.09. The molecule has 0 spiro atoms. The van der Waals surface area contributed by atoms with Gasteiger partial charge >= 0.3 is 5.97 Å². The zero-order valence-electron chi connectivity index (χ0n) is 8.83. The van der Waals surface area contributed by atoms with Gasteiger partial charge in [0, 0.05) is 13.1 Å². The van der Waals surface area contributed by atoms with E-state index in [1.54, 1.807) is 12.2 Å². The SMILES string of the molecule is C=CCN(CC=C)c1cncc(C(=O)O)n1. The number of rotatable bonds is 6. The van der Waals surface area contributed by atoms with Gasteiger partial charge < -0.3 is 10.0 Å². The lowest BCUT2D eigenvalue weighted by atomic mass is 10.4. The summed E-state index contributed by atoms with van der Waals surface area (Å²) in [5.74, 6) is -0.591. The fourth-order valence-electron chi connectivity index (χ4n) is 1.18. The lowest BCUT2D eigenvalue weighted by molar-refractivity contribution is 0.0690. The number of carbonyl (C=O) groups is 1. The fraction of sp³-hybridized carbons (Fsp3) is 0.182. The molecule has 1 rings (SSSR count). The highest BCUT2D eigenvalue weighted by Crippen LogP contribution is 2.09. The summed E-state index contributed by atoms with van der Waals surface area (Å²) in [6.07, 6.45) is 6.14. The van der Waals surface area contributed by atoms with Crippen molar-refractivity contribution in [3.05, 3.63) is 43.4 Å². The quantitative estimate of drug-likeness (QED) is 0.731. The van der Waals surface area contributed by atoms with Crippen LogP contribution < -0.4 is 4.90 Å². The van der Waals surface area contributed by atoms with Crippen LogP contribution in [-0.4, -0.2) is 34.1 Å². The predicted octanol–water partition coefficient (Wildman–Crippen LogP) is 1.35. The van der Waals surface area contributed by atoms with Gasteiger partial charge in [-0.2, -0.15) is 0 Å². The molecule has 0 saturated heterocycles. The van der Waals surface area contributed by atoms with E-state index >= 15 is 0 Å². The maximum Gasteiger partial charge on any atom is 0.356 e. The first-order valence-corrected chi connectivity index (χ1v) is 4.71. The highest BCUT2D eigenvalue weighted by Gasteiger charge is 2.09. The van der Waals surface area contributed by atoms with E-state index in [1.807, 2.05) is 4.90 Å². The maximum atomic E-state index is 10.7. The lowest BCUT2D eigenvalue weighted by Crippen LogP contribution is -2.25. The molecule has 0 aliphatic heterocycles. The number of hydrogen-bond acceptors (Lipinski definition) is 4. The smallest absolute Gasteiger partial charge is 0.356 e. The Balaban J connectivity index is 2.98. The monoisotopic (exact) mass is 219 g/mol. The topological polar surface area (TPSA) is 66.3 Å². The van der Waals surface area contributed by atoms with Crippen LogP contribution in [0.2, 0.25) is 0 Å². The van der Waals surface area contributed by atoms with Crippen molar-refractivity contribution in [3.63, 3.8) is 0 Å². The van der Waals surface area contributed by atoms with Crippen molar-refractivity contribution in [2.24, 2.45) is 0 Å². The first-order valence-electron chi connectivity index (χ1n) is 4.71. The molecule has 0 atom stereocenters. The molecule has 0 bridgehead atoms. The van der Waals surface area contributed by atoms with E-state index in [0.29, 0.717) is 18.9 Å². The van der Waals surface area contributed by atoms with Crippen LogP contribution in [0, 0.1) is 0 Å². The van der Waals surface area contributed by atoms with Gasteiger partial charge in [-0.05, 0) is 0 Å². The molecule has 1 N–H and O–H groups in total. The molecule has 1 heterocycles. The van der Waals surface area contributed by atoms with E-state index < -0.39 is 5.97 Å². The molecule has 5 nitrogen and oxygen atoms in total. The second kappa shape index (κ2) is 5.65. The lowest BCUT2D eigenvalue weighted by Gasteiger charge is -2.19. The Kier molecular flexibility index (Phi) is 4.20. The summed E-state index contributed by atoms with van der Waals surface area (Å²) in [5.41, 5.74) is -0.0735. The van der Waals surface area contributed by atoms with Crippen molar-refractivity contribution in [1.82, 2.24) is 9.97 Å². The molecule has 5 heteroatoms. The van der Waals surface area contributed by atoms with Crippen LogP contribution in [-0.2, 0) is 0 Å². The van der Waals surface area contributed by atoms with Crippen molar-refractivity contribution in [3.8, 4) is 0 Å². The minimum Gasteiger partial charge on any atom is -0.476 e. The molecule has 0 aromatic carbocycles. The number of aromatic nitrogens is 2. The van der Waals surface area contributed by atoms with Gasteiger partial charge in [0.2, 0.25) is 0 Å². The van der Waals surface area contributed by atoms with Gasteiger partial charge in [-0.15, -0.1) is 13.2 Å². The van der Waals surface area contributed by atoms with Gasteiger partial charge in [-0.1, -0.05) is 12.2 Å². The summed E-state index contributed by atoms with van der Waals surface area (Å²) in [4.78, 5) is 20.4. The van der Waals surface area contributed by atoms with Gasteiger partial charge in [0.1, 0.15) is 5.82 Å². The highest BCUT2D eigenvalue weighted by molar-refractivity contribution is 5.85. The maximum absolute atomic E-state index is 10.7. The van der Waals surface area contributed by atoms with Crippen LogP contribution in [0.1, 0.15) is 10.5 Å². The summed E-state index contributed by atoms with van der Waals surface area (Å²) in [7, 11) is 0. The Labute approximate surface area is 93.8 Å². The number of carboxylic acids is 1. The molecule has 0 unspecified atom stereocenters. The third-order valence-corrected chi connectivity index (χ3v) is 1.86. The number of anilines is 1. The molecule has 1 aromatic rings. The van der Waals surface area contributed by atoms with Crippen LogP contribution in [0.4, 0.5) is 5.82 Å². The molecule has 1 aromatic heterocycles. The number of aromatic carboxylic acids is 1. The molecule has 0 amide bonds. The first kappa shape index (κ1) is 11.9. The average Bonchev–Trinajstić information content (AvgIpc) is 2.29. The summed E-state index contributed by atoms with van der Waals surface area (Å²) < 4.78 is 0. The normalized spacial score (nSPS) is 9.50. The molecule has 0 saturated carbocycles. The molecule has 0 radical (unpaired) electrons. The second-order valence-corrected chi connectivity index (χ2v) is 3.05. The zero-order chi connectivity index (χ0) is 12.0. The third-order valence-electron chi connectivity index (χ3n) is 1.86. The van der Waals surface area contributed by atoms with Crippen molar-refractivity contribution in [1.29, 1.82) is 0 Å². The largest absolute Gasteiger partial charge is 0.476 e. The van der Waals surface area contributed by atoms with E-state index in [2.05, 4.69) is 23.1 Å². The van der Waals surface area contributed by atoms with Crippen molar-refractivity contribution in [2.45, 2.75) is 0 Å². The van der Waals surface area contributed by atoms with Crippen molar-refractivity contribution < 1.29 is 9.90 Å². The Morgan fingerprint density at radius 3 is 2.50 bits per heavy atom. The fourth-order valence-corrected chi connectivity index (χ4v) is 1.18. The van der Waals surface area contributed by atoms with E-state index in [0.717, 1.165) is 0 Å².